The van der Waals surface area contributed by atoms with Gasteiger partial charge in [-0.3, -0.25) is 14.7 Å². The van der Waals surface area contributed by atoms with Gasteiger partial charge in [0, 0.05) is 31.7 Å². The fourth-order valence-electron chi connectivity index (χ4n) is 2.91. The predicted molar refractivity (Wildman–Crippen MR) is 92.0 cm³/mol. The van der Waals surface area contributed by atoms with Crippen molar-refractivity contribution in [3.8, 4) is 0 Å². The number of hydrogen-bond donors (Lipinski definition) is 1. The topological polar surface area (TPSA) is 45.2 Å². The molecule has 3 rings (SSSR count). The van der Waals surface area contributed by atoms with Crippen molar-refractivity contribution < 1.29 is 4.79 Å². The quantitative estimate of drug-likeness (QED) is 0.943. The summed E-state index contributed by atoms with van der Waals surface area (Å²) < 4.78 is 0. The molecule has 0 atom stereocenters. The molecule has 4 heteroatoms. The first-order chi connectivity index (χ1) is 11.1. The largest absolute Gasteiger partial charge is 0.324 e. The van der Waals surface area contributed by atoms with Gasteiger partial charge in [0.2, 0.25) is 5.91 Å². The van der Waals surface area contributed by atoms with E-state index in [1.807, 2.05) is 26.1 Å². The number of aromatic nitrogens is 1. The van der Waals surface area contributed by atoms with Crippen molar-refractivity contribution in [2.24, 2.45) is 5.92 Å². The zero-order chi connectivity index (χ0) is 16.2. The van der Waals surface area contributed by atoms with Crippen molar-refractivity contribution >= 4 is 11.6 Å². The lowest BCUT2D eigenvalue weighted by molar-refractivity contribution is -0.118. The van der Waals surface area contributed by atoms with Crippen molar-refractivity contribution in [2.45, 2.75) is 33.4 Å². The Kier molecular flexibility index (Phi) is 4.72. The van der Waals surface area contributed by atoms with Crippen LogP contribution in [0, 0.1) is 5.92 Å². The summed E-state index contributed by atoms with van der Waals surface area (Å²) in [6, 6.07) is 10.5. The van der Waals surface area contributed by atoms with Crippen molar-refractivity contribution in [1.82, 2.24) is 9.88 Å². The van der Waals surface area contributed by atoms with E-state index in [0.717, 1.165) is 31.7 Å². The van der Waals surface area contributed by atoms with Crippen LogP contribution in [-0.4, -0.2) is 22.3 Å². The number of nitrogens with zero attached hydrogens (tertiary/aromatic N) is 2. The molecule has 1 aliphatic rings. The molecule has 2 heterocycles. The van der Waals surface area contributed by atoms with Crippen LogP contribution in [-0.2, 0) is 24.3 Å². The van der Waals surface area contributed by atoms with Crippen molar-refractivity contribution in [1.29, 1.82) is 0 Å². The summed E-state index contributed by atoms with van der Waals surface area (Å²) in [6.45, 7) is 6.63. The van der Waals surface area contributed by atoms with E-state index in [4.69, 9.17) is 0 Å². The van der Waals surface area contributed by atoms with Crippen molar-refractivity contribution in [3.05, 3.63) is 59.4 Å². The number of nitrogens with one attached hydrogen (secondary N) is 1. The number of rotatable bonds is 4. The monoisotopic (exact) mass is 309 g/mol. The lowest BCUT2D eigenvalue weighted by atomic mass is 9.99. The number of anilines is 1. The fraction of sp³-hybridized carbons (Fsp3) is 0.368. The van der Waals surface area contributed by atoms with Crippen LogP contribution in [0.5, 0.6) is 0 Å². The molecule has 0 spiro atoms. The van der Waals surface area contributed by atoms with Gasteiger partial charge in [-0.2, -0.15) is 0 Å². The molecule has 1 N–H and O–H groups in total. The summed E-state index contributed by atoms with van der Waals surface area (Å²) in [5, 5.41) is 3.01. The lowest BCUT2D eigenvalue weighted by Gasteiger charge is -2.29. The molecule has 23 heavy (non-hydrogen) atoms. The van der Waals surface area contributed by atoms with E-state index in [9.17, 15) is 4.79 Å². The fourth-order valence-corrected chi connectivity index (χ4v) is 2.91. The molecule has 0 aliphatic carbocycles. The minimum atomic E-state index is -0.0241. The van der Waals surface area contributed by atoms with Gasteiger partial charge in [0.15, 0.2) is 0 Å². The van der Waals surface area contributed by atoms with Crippen molar-refractivity contribution in [2.75, 3.05) is 11.9 Å². The van der Waals surface area contributed by atoms with Gasteiger partial charge in [-0.1, -0.05) is 44.2 Å². The molecular weight excluding hydrogens is 286 g/mol. The second kappa shape index (κ2) is 6.92. The van der Waals surface area contributed by atoms with E-state index in [-0.39, 0.29) is 11.8 Å². The lowest BCUT2D eigenvalue weighted by Crippen LogP contribution is -2.31. The van der Waals surface area contributed by atoms with Crippen LogP contribution in [0.15, 0.2) is 42.7 Å². The highest BCUT2D eigenvalue weighted by atomic mass is 16.1. The molecule has 0 unspecified atom stereocenters. The van der Waals surface area contributed by atoms with Gasteiger partial charge in [-0.05, 0) is 23.1 Å². The van der Waals surface area contributed by atoms with E-state index in [1.54, 1.807) is 6.20 Å². The number of pyridine rings is 1. The van der Waals surface area contributed by atoms with Gasteiger partial charge in [0.1, 0.15) is 0 Å². The van der Waals surface area contributed by atoms with E-state index in [0.29, 0.717) is 0 Å². The molecule has 0 fully saturated rings. The highest BCUT2D eigenvalue weighted by Crippen LogP contribution is 2.26. The Morgan fingerprint density at radius 2 is 2.04 bits per heavy atom. The second-order valence-corrected chi connectivity index (χ2v) is 6.41. The summed E-state index contributed by atoms with van der Waals surface area (Å²) in [4.78, 5) is 18.7. The SMILES string of the molecule is CC(C)C(=O)Nc1cncc2c1CCN(Cc1ccccc1)C2. The second-order valence-electron chi connectivity index (χ2n) is 6.41. The van der Waals surface area contributed by atoms with E-state index in [1.165, 1.54) is 16.7 Å². The maximum absolute atomic E-state index is 12.0. The number of amides is 1. The number of fused-ring (bicyclic) bond motifs is 1. The number of hydrogen-bond acceptors (Lipinski definition) is 3. The minimum absolute atomic E-state index is 0.0241. The van der Waals surface area contributed by atoms with Gasteiger partial charge in [-0.25, -0.2) is 0 Å². The third-order valence-corrected chi connectivity index (χ3v) is 4.25. The minimum Gasteiger partial charge on any atom is -0.324 e. The molecule has 0 saturated carbocycles. The average Bonchev–Trinajstić information content (AvgIpc) is 2.55. The average molecular weight is 309 g/mol. The van der Waals surface area contributed by atoms with Crippen LogP contribution in [0.4, 0.5) is 5.69 Å². The molecule has 0 radical (unpaired) electrons. The Morgan fingerprint density at radius 3 is 2.78 bits per heavy atom. The maximum atomic E-state index is 12.0. The van der Waals surface area contributed by atoms with Crippen LogP contribution in [0.25, 0.3) is 0 Å². The standard InChI is InChI=1S/C19H23N3O/c1-14(2)19(23)21-18-11-20-10-16-13-22(9-8-17(16)18)12-15-6-4-3-5-7-15/h3-7,10-11,14H,8-9,12-13H2,1-2H3,(H,21,23). The van der Waals surface area contributed by atoms with Gasteiger partial charge in [0.05, 0.1) is 11.9 Å². The summed E-state index contributed by atoms with van der Waals surface area (Å²) >= 11 is 0. The van der Waals surface area contributed by atoms with Crippen molar-refractivity contribution in [3.63, 3.8) is 0 Å². The maximum Gasteiger partial charge on any atom is 0.226 e. The van der Waals surface area contributed by atoms with E-state index in [2.05, 4.69) is 39.5 Å². The van der Waals surface area contributed by atoms with Crippen LogP contribution >= 0.6 is 0 Å². The van der Waals surface area contributed by atoms with Gasteiger partial charge < -0.3 is 5.32 Å². The Bertz CT molecular complexity index is 682. The van der Waals surface area contributed by atoms with Gasteiger partial charge in [-0.15, -0.1) is 0 Å². The molecular formula is C19H23N3O. The Morgan fingerprint density at radius 1 is 1.26 bits per heavy atom. The molecule has 4 nitrogen and oxygen atoms in total. The summed E-state index contributed by atoms with van der Waals surface area (Å²) in [6.07, 6.45) is 4.64. The summed E-state index contributed by atoms with van der Waals surface area (Å²) in [5.41, 5.74) is 4.65. The third-order valence-electron chi connectivity index (χ3n) is 4.25. The van der Waals surface area contributed by atoms with E-state index >= 15 is 0 Å². The van der Waals surface area contributed by atoms with Gasteiger partial charge >= 0.3 is 0 Å². The van der Waals surface area contributed by atoms with Crippen LogP contribution in [0.2, 0.25) is 0 Å². The first kappa shape index (κ1) is 15.7. The smallest absolute Gasteiger partial charge is 0.226 e. The third kappa shape index (κ3) is 3.77. The normalized spacial score (nSPS) is 14.6. The predicted octanol–water partition coefficient (Wildman–Crippen LogP) is 3.23. The Labute approximate surface area is 137 Å². The van der Waals surface area contributed by atoms with Crippen LogP contribution in [0.3, 0.4) is 0 Å². The molecule has 0 bridgehead atoms. The highest BCUT2D eigenvalue weighted by Gasteiger charge is 2.20. The first-order valence-corrected chi connectivity index (χ1v) is 8.16. The number of carbonyl (C=O) groups is 1. The summed E-state index contributed by atoms with van der Waals surface area (Å²) in [5.74, 6) is 0.0240. The van der Waals surface area contributed by atoms with Gasteiger partial charge in [0.25, 0.3) is 0 Å². The molecule has 1 aromatic heterocycles. The molecule has 0 saturated heterocycles. The zero-order valence-electron chi connectivity index (χ0n) is 13.7. The van der Waals surface area contributed by atoms with Crippen LogP contribution in [0.1, 0.15) is 30.5 Å². The molecule has 1 amide bonds. The zero-order valence-corrected chi connectivity index (χ0v) is 13.7. The molecule has 1 aliphatic heterocycles. The Hall–Kier alpha value is -2.20. The highest BCUT2D eigenvalue weighted by molar-refractivity contribution is 5.92. The summed E-state index contributed by atoms with van der Waals surface area (Å²) in [7, 11) is 0. The molecule has 1 aromatic carbocycles. The molecule has 2 aromatic rings. The Balaban J connectivity index is 1.73. The van der Waals surface area contributed by atoms with E-state index < -0.39 is 0 Å². The number of carbonyl (C=O) groups excluding carboxylic acids is 1. The first-order valence-electron chi connectivity index (χ1n) is 8.16. The van der Waals surface area contributed by atoms with Crippen LogP contribution < -0.4 is 5.32 Å². The number of benzene rings is 1. The molecule has 120 valence electrons.